The molecule has 23 heteroatoms. The first-order chi connectivity index (χ1) is 36.0. The van der Waals surface area contributed by atoms with Gasteiger partial charge in [0.1, 0.15) is 48.1 Å². The van der Waals surface area contributed by atoms with Gasteiger partial charge in [0.05, 0.1) is 34.7 Å². The molecule has 0 bridgehead atoms. The van der Waals surface area contributed by atoms with Crippen LogP contribution in [0, 0.1) is 6.92 Å². The summed E-state index contributed by atoms with van der Waals surface area (Å²) < 4.78 is 107. The number of aliphatic hydroxyl groups excluding tert-OH is 1. The zero-order valence-electron chi connectivity index (χ0n) is 40.5. The van der Waals surface area contributed by atoms with Crippen molar-refractivity contribution in [2.75, 3.05) is 20.8 Å². The first-order valence-corrected chi connectivity index (χ1v) is 29.1. The van der Waals surface area contributed by atoms with Crippen LogP contribution in [0.3, 0.4) is 0 Å². The van der Waals surface area contributed by atoms with Gasteiger partial charge in [0.25, 0.3) is 30.1 Å². The Balaban J connectivity index is 1.02. The number of esters is 2. The minimum atomic E-state index is -4.36. The number of carbonyl (C=O) groups excluding carboxylic acids is 2. The van der Waals surface area contributed by atoms with Crippen molar-refractivity contribution in [1.29, 1.82) is 0 Å². The van der Waals surface area contributed by atoms with E-state index in [4.69, 9.17) is 14.2 Å². The molecule has 8 aromatic rings. The van der Waals surface area contributed by atoms with Crippen molar-refractivity contribution in [2.24, 2.45) is 0 Å². The molecule has 0 aliphatic carbocycles. The fourth-order valence-corrected chi connectivity index (χ4v) is 14.3. The van der Waals surface area contributed by atoms with Gasteiger partial charge in [-0.3, -0.25) is 14.2 Å². The lowest BCUT2D eigenvalue weighted by Gasteiger charge is -2.15. The van der Waals surface area contributed by atoms with E-state index in [-0.39, 0.29) is 36.3 Å². The topological polar surface area (TPSA) is 278 Å². The maximum atomic E-state index is 14.2. The molecular weight excluding hydrogens is 1080 g/mol. The number of rotatable bonds is 17. The van der Waals surface area contributed by atoms with Crippen molar-refractivity contribution in [2.45, 2.75) is 59.5 Å². The summed E-state index contributed by atoms with van der Waals surface area (Å²) in [6, 6.07) is 27.6. The van der Waals surface area contributed by atoms with E-state index in [2.05, 4.69) is 14.2 Å². The van der Waals surface area contributed by atoms with Crippen molar-refractivity contribution >= 4 is 97.8 Å². The van der Waals surface area contributed by atoms with Gasteiger partial charge < -0.3 is 29.5 Å². The van der Waals surface area contributed by atoms with Crippen molar-refractivity contribution in [3.8, 4) is 34.1 Å². The number of phenols is 1. The SMILES string of the molecule is Cc1c(S(=O)(=O)Nc2ccc(C(=O)O)c(OC(=O)c3ccc(NS(=O)(=O)c4cc(-c5ccc6c(c5)CCO6)cs4)cc3OC(=O)c3ccc(NS(=O)(=O)c4cccc(C(C)O)c4)cc3O)c2)sc2ccc(C(C)C)cc12. The monoisotopic (exact) mass is 1120 g/mol. The van der Waals surface area contributed by atoms with Crippen LogP contribution in [-0.4, -0.2) is 65.1 Å². The highest BCUT2D eigenvalue weighted by Gasteiger charge is 2.28. The van der Waals surface area contributed by atoms with Gasteiger partial charge in [0.15, 0.2) is 0 Å². The molecule has 1 atom stereocenters. The number of aromatic carboxylic acids is 1. The molecule has 1 aliphatic heterocycles. The Hall–Kier alpha value is -7.80. The van der Waals surface area contributed by atoms with E-state index in [0.29, 0.717) is 29.7 Å². The van der Waals surface area contributed by atoms with Crippen LogP contribution >= 0.6 is 22.7 Å². The Morgan fingerprint density at radius 2 is 1.29 bits per heavy atom. The summed E-state index contributed by atoms with van der Waals surface area (Å²) in [5, 5.41) is 33.6. The molecule has 6 N–H and O–H groups in total. The molecular formula is C53H45N3O15S5. The zero-order chi connectivity index (χ0) is 54.4. The summed E-state index contributed by atoms with van der Waals surface area (Å²) in [7, 11) is -12.9. The van der Waals surface area contributed by atoms with E-state index in [1.807, 2.05) is 44.2 Å². The fourth-order valence-electron chi connectivity index (χ4n) is 8.13. The number of nitrogens with one attached hydrogen (secondary N) is 3. The number of aromatic hydroxyl groups is 1. The van der Waals surface area contributed by atoms with E-state index in [1.165, 1.54) is 43.3 Å². The van der Waals surface area contributed by atoms with Gasteiger partial charge in [-0.2, -0.15) is 0 Å². The summed E-state index contributed by atoms with van der Waals surface area (Å²) in [4.78, 5) is 40.4. The summed E-state index contributed by atoms with van der Waals surface area (Å²) in [5.41, 5.74) is 1.91. The molecule has 1 aliphatic rings. The maximum absolute atomic E-state index is 14.2. The molecule has 76 heavy (non-hydrogen) atoms. The minimum Gasteiger partial charge on any atom is -0.507 e. The number of anilines is 3. The summed E-state index contributed by atoms with van der Waals surface area (Å²) >= 11 is 1.97. The number of hydrogen-bond donors (Lipinski definition) is 6. The average molecular weight is 1120 g/mol. The molecule has 18 nitrogen and oxygen atoms in total. The molecule has 0 amide bonds. The van der Waals surface area contributed by atoms with Crippen LogP contribution < -0.4 is 28.4 Å². The number of ether oxygens (including phenoxy) is 3. The Kier molecular flexibility index (Phi) is 14.5. The molecule has 9 rings (SSSR count). The van der Waals surface area contributed by atoms with Crippen LogP contribution in [0.25, 0.3) is 21.2 Å². The number of aliphatic hydroxyl groups is 1. The van der Waals surface area contributed by atoms with Crippen LogP contribution in [0.4, 0.5) is 17.1 Å². The second-order valence-electron chi connectivity index (χ2n) is 17.8. The van der Waals surface area contributed by atoms with Crippen molar-refractivity contribution in [3.05, 3.63) is 166 Å². The number of carboxylic acid groups (broad SMARTS) is 1. The van der Waals surface area contributed by atoms with Crippen LogP contribution in [0.2, 0.25) is 0 Å². The van der Waals surface area contributed by atoms with E-state index >= 15 is 0 Å². The molecule has 0 spiro atoms. The number of carbonyl (C=O) groups is 3. The van der Waals surface area contributed by atoms with Crippen LogP contribution in [0.15, 0.2) is 140 Å². The number of hydrogen-bond acceptors (Lipinski definition) is 16. The number of aryl methyl sites for hydroxylation is 1. The molecule has 2 aromatic heterocycles. The predicted octanol–water partition coefficient (Wildman–Crippen LogP) is 10.3. The van der Waals surface area contributed by atoms with Crippen molar-refractivity contribution in [1.82, 2.24) is 0 Å². The lowest BCUT2D eigenvalue weighted by atomic mass is 10.0. The molecule has 0 saturated carbocycles. The normalized spacial score (nSPS) is 12.9. The highest BCUT2D eigenvalue weighted by Crippen LogP contribution is 2.39. The molecule has 0 radical (unpaired) electrons. The number of benzene rings is 6. The molecule has 0 fully saturated rings. The van der Waals surface area contributed by atoms with Crippen LogP contribution in [-0.2, 0) is 36.5 Å². The highest BCUT2D eigenvalue weighted by molar-refractivity contribution is 7.95. The molecule has 3 heterocycles. The molecule has 392 valence electrons. The summed E-state index contributed by atoms with van der Waals surface area (Å²) in [5.74, 6) is -5.38. The van der Waals surface area contributed by atoms with E-state index in [1.54, 1.807) is 18.4 Å². The number of carboxylic acids is 1. The Labute approximate surface area is 444 Å². The molecule has 0 saturated heterocycles. The van der Waals surface area contributed by atoms with Gasteiger partial charge in [-0.1, -0.05) is 38.1 Å². The van der Waals surface area contributed by atoms with Gasteiger partial charge in [-0.15, -0.1) is 22.7 Å². The predicted molar refractivity (Wildman–Crippen MR) is 287 cm³/mol. The quantitative estimate of drug-likeness (QED) is 0.0365. The maximum Gasteiger partial charge on any atom is 0.347 e. The first-order valence-electron chi connectivity index (χ1n) is 23.0. The Morgan fingerprint density at radius 1 is 0.658 bits per heavy atom. The number of sulfonamides is 3. The van der Waals surface area contributed by atoms with E-state index in [9.17, 15) is 55.0 Å². The first kappa shape index (κ1) is 53.0. The lowest BCUT2D eigenvalue weighted by Crippen LogP contribution is -2.18. The number of phenolic OH excluding ortho intramolecular Hbond substituents is 1. The van der Waals surface area contributed by atoms with Gasteiger partial charge in [-0.05, 0) is 143 Å². The van der Waals surface area contributed by atoms with Crippen LogP contribution in [0.5, 0.6) is 23.0 Å². The van der Waals surface area contributed by atoms with Crippen molar-refractivity contribution < 1.29 is 69.2 Å². The van der Waals surface area contributed by atoms with E-state index in [0.717, 1.165) is 104 Å². The third-order valence-corrected chi connectivity index (χ3v) is 19.6. The Morgan fingerprint density at radius 3 is 1.96 bits per heavy atom. The van der Waals surface area contributed by atoms with Gasteiger partial charge in [0, 0.05) is 29.3 Å². The van der Waals surface area contributed by atoms with Crippen LogP contribution in [0.1, 0.15) is 86.1 Å². The second kappa shape index (κ2) is 20.7. The smallest absolute Gasteiger partial charge is 0.347 e. The lowest BCUT2D eigenvalue weighted by molar-refractivity contribution is 0.0680. The number of thiophene rings is 2. The standard InChI is InChI=1S/C53H45N3O15S5/c1-28(2)31-9-17-48-43(22-31)29(3)53(73-48)76(67,68)56-38-11-14-41(50(59)60)46(25-38)70-52(62)42-15-12-37(55-75(65,66)49-23-35(27-72-49)33-8-16-45-34(20-33)18-19-69-45)26-47(42)71-51(61)40-13-10-36(24-44(40)58)54-74(63,64)39-7-5-6-32(21-39)30(4)57/h5-17,20-28,30,54-58H,18-19H2,1-4H3,(H,59,60). The van der Waals surface area contributed by atoms with Crippen molar-refractivity contribution in [3.63, 3.8) is 0 Å². The Bertz CT molecular complexity index is 4020. The largest absolute Gasteiger partial charge is 0.507 e. The third-order valence-electron chi connectivity index (χ3n) is 12.1. The third kappa shape index (κ3) is 11.1. The molecule has 6 aromatic carbocycles. The second-order valence-corrected chi connectivity index (χ2v) is 25.2. The highest BCUT2D eigenvalue weighted by atomic mass is 32.3. The average Bonchev–Trinajstić information content (AvgIpc) is 4.14. The minimum absolute atomic E-state index is 0.00161. The number of fused-ring (bicyclic) bond motifs is 2. The van der Waals surface area contributed by atoms with E-state index < -0.39 is 88.0 Å². The van der Waals surface area contributed by atoms with Gasteiger partial charge >= 0.3 is 17.9 Å². The summed E-state index contributed by atoms with van der Waals surface area (Å²) in [6.07, 6.45) is -0.269. The van der Waals surface area contributed by atoms with Gasteiger partial charge in [0.2, 0.25) is 0 Å². The van der Waals surface area contributed by atoms with Gasteiger partial charge in [-0.25, -0.2) is 39.6 Å². The zero-order valence-corrected chi connectivity index (χ0v) is 44.6. The summed E-state index contributed by atoms with van der Waals surface area (Å²) in [6.45, 7) is 7.70. The fraction of sp³-hybridized carbons (Fsp3) is 0.151. The molecule has 1 unspecified atom stereocenters.